The quantitative estimate of drug-likeness (QED) is 0.771. The van der Waals surface area contributed by atoms with Crippen LogP contribution < -0.4 is 10.6 Å². The van der Waals surface area contributed by atoms with Crippen LogP contribution >= 0.6 is 0 Å². The van der Waals surface area contributed by atoms with Crippen molar-refractivity contribution in [3.63, 3.8) is 0 Å². The van der Waals surface area contributed by atoms with E-state index in [1.54, 1.807) is 0 Å². The summed E-state index contributed by atoms with van der Waals surface area (Å²) in [4.78, 5) is 12.4. The lowest BCUT2D eigenvalue weighted by atomic mass is 9.88. The molecule has 3 heteroatoms. The Hall–Kier alpha value is -0.570. The summed E-state index contributed by atoms with van der Waals surface area (Å²) in [6.07, 6.45) is 7.93. The maximum atomic E-state index is 12.4. The van der Waals surface area contributed by atoms with Gasteiger partial charge < -0.3 is 10.6 Å². The van der Waals surface area contributed by atoms with Gasteiger partial charge in [0, 0.05) is 18.1 Å². The van der Waals surface area contributed by atoms with E-state index in [-0.39, 0.29) is 5.92 Å². The first-order valence-corrected chi connectivity index (χ1v) is 7.87. The lowest BCUT2D eigenvalue weighted by molar-refractivity contribution is -0.125. The van der Waals surface area contributed by atoms with Gasteiger partial charge in [0.15, 0.2) is 0 Å². The van der Waals surface area contributed by atoms with Gasteiger partial charge in [0.1, 0.15) is 0 Å². The minimum absolute atomic E-state index is 0.280. The molecular weight excluding hydrogens is 224 g/mol. The summed E-state index contributed by atoms with van der Waals surface area (Å²) in [7, 11) is 0. The summed E-state index contributed by atoms with van der Waals surface area (Å²) in [5.74, 6) is 4.32. The Bertz CT molecular complexity index is 393. The lowest BCUT2D eigenvalue weighted by Gasteiger charge is -2.20. The van der Waals surface area contributed by atoms with Gasteiger partial charge in [-0.15, -0.1) is 0 Å². The molecule has 2 saturated heterocycles. The van der Waals surface area contributed by atoms with Crippen LogP contribution in [0.3, 0.4) is 0 Å². The van der Waals surface area contributed by atoms with E-state index in [2.05, 4.69) is 10.6 Å². The fraction of sp³-hybridized carbons (Fsp3) is 0.933. The van der Waals surface area contributed by atoms with Crippen molar-refractivity contribution in [2.75, 3.05) is 0 Å². The SMILES string of the molecule is O=C(NC1C2C3CCC(C3)C12)C1CC2CCC1N2. The van der Waals surface area contributed by atoms with Crippen molar-refractivity contribution in [3.05, 3.63) is 0 Å². The van der Waals surface area contributed by atoms with Gasteiger partial charge in [-0.05, 0) is 62.2 Å². The van der Waals surface area contributed by atoms with Crippen molar-refractivity contribution in [2.45, 2.75) is 56.7 Å². The molecule has 3 aliphatic carbocycles. The molecule has 18 heavy (non-hydrogen) atoms. The highest BCUT2D eigenvalue weighted by Crippen LogP contribution is 2.65. The second-order valence-corrected chi connectivity index (χ2v) is 7.41. The van der Waals surface area contributed by atoms with Crippen LogP contribution in [0.1, 0.15) is 38.5 Å². The zero-order valence-electron chi connectivity index (χ0n) is 10.8. The Labute approximate surface area is 108 Å². The number of hydrogen-bond donors (Lipinski definition) is 2. The number of carbonyl (C=O) groups is 1. The summed E-state index contributed by atoms with van der Waals surface area (Å²) in [6.45, 7) is 0. The number of carbonyl (C=O) groups excluding carboxylic acids is 1. The van der Waals surface area contributed by atoms with Crippen LogP contribution in [-0.4, -0.2) is 24.0 Å². The van der Waals surface area contributed by atoms with Gasteiger partial charge in [-0.3, -0.25) is 4.79 Å². The third kappa shape index (κ3) is 1.21. The number of hydrogen-bond acceptors (Lipinski definition) is 2. The first-order chi connectivity index (χ1) is 8.81. The van der Waals surface area contributed by atoms with Crippen LogP contribution in [0.15, 0.2) is 0 Å². The molecule has 3 nitrogen and oxygen atoms in total. The van der Waals surface area contributed by atoms with E-state index in [4.69, 9.17) is 0 Å². The van der Waals surface area contributed by atoms with Crippen LogP contribution in [0, 0.1) is 29.6 Å². The molecule has 7 unspecified atom stereocenters. The Morgan fingerprint density at radius 2 is 1.78 bits per heavy atom. The molecule has 0 spiro atoms. The second-order valence-electron chi connectivity index (χ2n) is 7.41. The van der Waals surface area contributed by atoms with Crippen LogP contribution in [-0.2, 0) is 4.79 Å². The summed E-state index contributed by atoms with van der Waals surface area (Å²) in [5, 5.41) is 6.98. The summed E-state index contributed by atoms with van der Waals surface area (Å²) >= 11 is 0. The molecule has 0 aromatic rings. The van der Waals surface area contributed by atoms with E-state index in [0.29, 0.717) is 24.0 Å². The lowest BCUT2D eigenvalue weighted by Crippen LogP contribution is -2.40. The average molecular weight is 246 g/mol. The zero-order valence-corrected chi connectivity index (χ0v) is 10.8. The molecule has 0 aromatic heterocycles. The summed E-state index contributed by atoms with van der Waals surface area (Å²) < 4.78 is 0. The predicted octanol–water partition coefficient (Wildman–Crippen LogP) is 1.29. The first-order valence-electron chi connectivity index (χ1n) is 7.87. The normalized spacial score (nSPS) is 58.9. The molecule has 4 bridgehead atoms. The molecule has 0 aromatic carbocycles. The highest BCUT2D eigenvalue weighted by atomic mass is 16.2. The molecule has 7 atom stereocenters. The average Bonchev–Trinajstić information content (AvgIpc) is 2.93. The van der Waals surface area contributed by atoms with Crippen LogP contribution in [0.4, 0.5) is 0 Å². The molecule has 1 amide bonds. The zero-order chi connectivity index (χ0) is 11.9. The molecule has 2 heterocycles. The number of fused-ring (bicyclic) bond motifs is 7. The van der Waals surface area contributed by atoms with Gasteiger partial charge in [0.2, 0.25) is 5.91 Å². The van der Waals surface area contributed by atoms with Gasteiger partial charge in [-0.1, -0.05) is 0 Å². The van der Waals surface area contributed by atoms with Crippen molar-refractivity contribution in [1.29, 1.82) is 0 Å². The maximum absolute atomic E-state index is 12.4. The van der Waals surface area contributed by atoms with E-state index >= 15 is 0 Å². The number of rotatable bonds is 2. The molecule has 5 fully saturated rings. The monoisotopic (exact) mass is 246 g/mol. The highest BCUT2D eigenvalue weighted by molar-refractivity contribution is 5.81. The van der Waals surface area contributed by atoms with Gasteiger partial charge in [-0.2, -0.15) is 0 Å². The third-order valence-electron chi connectivity index (χ3n) is 6.68. The van der Waals surface area contributed by atoms with Crippen LogP contribution in [0.25, 0.3) is 0 Å². The molecule has 98 valence electrons. The molecule has 3 saturated carbocycles. The van der Waals surface area contributed by atoms with Gasteiger partial charge in [-0.25, -0.2) is 0 Å². The molecular formula is C15H22N2O. The predicted molar refractivity (Wildman–Crippen MR) is 67.8 cm³/mol. The van der Waals surface area contributed by atoms with Crippen LogP contribution in [0.2, 0.25) is 0 Å². The highest BCUT2D eigenvalue weighted by Gasteiger charge is 2.65. The number of amides is 1. The molecule has 2 aliphatic heterocycles. The topological polar surface area (TPSA) is 41.1 Å². The van der Waals surface area contributed by atoms with Crippen molar-refractivity contribution in [1.82, 2.24) is 10.6 Å². The number of nitrogens with one attached hydrogen (secondary N) is 2. The maximum Gasteiger partial charge on any atom is 0.224 e. The Morgan fingerprint density at radius 1 is 1.00 bits per heavy atom. The Morgan fingerprint density at radius 3 is 2.39 bits per heavy atom. The van der Waals surface area contributed by atoms with E-state index in [0.717, 1.165) is 30.1 Å². The summed E-state index contributed by atoms with van der Waals surface area (Å²) in [5.41, 5.74) is 0. The van der Waals surface area contributed by atoms with Crippen LogP contribution in [0.5, 0.6) is 0 Å². The van der Waals surface area contributed by atoms with E-state index in [1.165, 1.54) is 32.1 Å². The molecule has 5 rings (SSSR count). The van der Waals surface area contributed by atoms with Crippen molar-refractivity contribution < 1.29 is 4.79 Å². The molecule has 5 aliphatic rings. The molecule has 0 radical (unpaired) electrons. The third-order valence-corrected chi connectivity index (χ3v) is 6.68. The summed E-state index contributed by atoms with van der Waals surface area (Å²) in [6, 6.07) is 1.70. The van der Waals surface area contributed by atoms with Gasteiger partial charge >= 0.3 is 0 Å². The Balaban J connectivity index is 1.25. The smallest absolute Gasteiger partial charge is 0.224 e. The van der Waals surface area contributed by atoms with E-state index in [1.807, 2.05) is 0 Å². The first kappa shape index (κ1) is 10.2. The van der Waals surface area contributed by atoms with Crippen molar-refractivity contribution in [3.8, 4) is 0 Å². The standard InChI is InChI=1S/C15H22N2O/c18-15(10-6-9-3-4-11(10)16-9)17-14-12-7-1-2-8(5-7)13(12)14/h7-14,16H,1-6H2,(H,17,18). The Kier molecular flexibility index (Phi) is 1.88. The van der Waals surface area contributed by atoms with E-state index < -0.39 is 0 Å². The molecule has 2 N–H and O–H groups in total. The fourth-order valence-corrected chi connectivity index (χ4v) is 5.90. The largest absolute Gasteiger partial charge is 0.352 e. The van der Waals surface area contributed by atoms with Gasteiger partial charge in [0.05, 0.1) is 5.92 Å². The van der Waals surface area contributed by atoms with Crippen molar-refractivity contribution in [2.24, 2.45) is 29.6 Å². The fourth-order valence-electron chi connectivity index (χ4n) is 5.90. The van der Waals surface area contributed by atoms with Gasteiger partial charge in [0.25, 0.3) is 0 Å². The van der Waals surface area contributed by atoms with E-state index in [9.17, 15) is 4.79 Å². The van der Waals surface area contributed by atoms with Crippen molar-refractivity contribution >= 4 is 5.91 Å². The minimum Gasteiger partial charge on any atom is -0.352 e. The minimum atomic E-state index is 0.280. The second kappa shape index (κ2) is 3.30.